The van der Waals surface area contributed by atoms with Crippen molar-refractivity contribution >= 4 is 12.9 Å². The van der Waals surface area contributed by atoms with Crippen molar-refractivity contribution in [2.24, 2.45) is 0 Å². The summed E-state index contributed by atoms with van der Waals surface area (Å²) in [5, 5.41) is 19.0. The molecule has 1 unspecified atom stereocenters. The molecule has 0 aliphatic carbocycles. The molecule has 0 spiro atoms. The first-order valence-electron chi connectivity index (χ1n) is 6.45. The van der Waals surface area contributed by atoms with Gasteiger partial charge in [-0.2, -0.15) is 0 Å². The van der Waals surface area contributed by atoms with Gasteiger partial charge in [-0.05, 0) is 42.2 Å². The highest BCUT2D eigenvalue weighted by Crippen LogP contribution is 2.38. The minimum atomic E-state index is -4.44. The maximum atomic E-state index is 11.5. The topological polar surface area (TPSA) is 98.0 Å². The van der Waals surface area contributed by atoms with Gasteiger partial charge < -0.3 is 20.0 Å². The van der Waals surface area contributed by atoms with Gasteiger partial charge in [0.05, 0.1) is 5.30 Å². The summed E-state index contributed by atoms with van der Waals surface area (Å²) in [5.74, 6) is -0.0323. The molecule has 0 aromatic heterocycles. The lowest BCUT2D eigenvalue weighted by atomic mass is 9.93. The predicted molar refractivity (Wildman–Crippen MR) is 80.0 cm³/mol. The number of hydrogen-bond acceptors (Lipinski definition) is 3. The van der Waals surface area contributed by atoms with Crippen LogP contribution in [-0.4, -0.2) is 20.0 Å². The summed E-state index contributed by atoms with van der Waals surface area (Å²) in [7, 11) is -4.44. The van der Waals surface area contributed by atoms with Crippen LogP contribution in [0.4, 0.5) is 0 Å². The van der Waals surface area contributed by atoms with E-state index in [9.17, 15) is 24.6 Å². The minimum absolute atomic E-state index is 0.0656. The standard InChI is InChI=1S/C15H17O5P/c1-10(11-5-7-12(16)8-6-11)9-13-14(17)3-2-4-15(13)21(18,19)20/h2-8,10,16-17H,9H2,1H3,(H2,18,19,20). The molecule has 0 amide bonds. The van der Waals surface area contributed by atoms with Gasteiger partial charge in [0.15, 0.2) is 0 Å². The maximum Gasteiger partial charge on any atom is 0.356 e. The third kappa shape index (κ3) is 3.64. The zero-order valence-corrected chi connectivity index (χ0v) is 12.4. The van der Waals surface area contributed by atoms with Crippen molar-refractivity contribution in [1.29, 1.82) is 0 Å². The normalized spacial score (nSPS) is 13.1. The Morgan fingerprint density at radius 1 is 1.05 bits per heavy atom. The molecule has 0 saturated heterocycles. The van der Waals surface area contributed by atoms with Gasteiger partial charge in [-0.3, -0.25) is 4.57 Å². The average molecular weight is 308 g/mol. The molecule has 2 aromatic carbocycles. The van der Waals surface area contributed by atoms with Gasteiger partial charge >= 0.3 is 7.60 Å². The van der Waals surface area contributed by atoms with Gasteiger partial charge in [-0.25, -0.2) is 0 Å². The van der Waals surface area contributed by atoms with E-state index in [-0.39, 0.29) is 34.7 Å². The minimum Gasteiger partial charge on any atom is -0.508 e. The summed E-state index contributed by atoms with van der Waals surface area (Å²) in [6, 6.07) is 10.8. The van der Waals surface area contributed by atoms with Gasteiger partial charge in [-0.1, -0.05) is 25.1 Å². The van der Waals surface area contributed by atoms with Crippen LogP contribution in [0.5, 0.6) is 11.5 Å². The largest absolute Gasteiger partial charge is 0.508 e. The second kappa shape index (κ2) is 5.90. The zero-order valence-electron chi connectivity index (χ0n) is 11.5. The quantitative estimate of drug-likeness (QED) is 0.649. The highest BCUT2D eigenvalue weighted by atomic mass is 31.2. The molecule has 4 N–H and O–H groups in total. The van der Waals surface area contributed by atoms with Crippen LogP contribution in [0.25, 0.3) is 0 Å². The molecule has 6 heteroatoms. The van der Waals surface area contributed by atoms with E-state index in [1.165, 1.54) is 18.2 Å². The number of rotatable bonds is 4. The summed E-state index contributed by atoms with van der Waals surface area (Å²) >= 11 is 0. The van der Waals surface area contributed by atoms with E-state index < -0.39 is 7.60 Å². The number of aromatic hydroxyl groups is 2. The van der Waals surface area contributed by atoms with Gasteiger partial charge in [0.1, 0.15) is 11.5 Å². The molecule has 5 nitrogen and oxygen atoms in total. The van der Waals surface area contributed by atoms with E-state index in [4.69, 9.17) is 0 Å². The van der Waals surface area contributed by atoms with Crippen LogP contribution in [0.15, 0.2) is 42.5 Å². The molecule has 0 radical (unpaired) electrons. The monoisotopic (exact) mass is 308 g/mol. The lowest BCUT2D eigenvalue weighted by Crippen LogP contribution is -2.13. The third-order valence-corrected chi connectivity index (χ3v) is 4.46. The van der Waals surface area contributed by atoms with Crippen molar-refractivity contribution in [2.45, 2.75) is 19.3 Å². The SMILES string of the molecule is CC(Cc1c(O)cccc1P(=O)(O)O)c1ccc(O)cc1. The smallest absolute Gasteiger partial charge is 0.356 e. The van der Waals surface area contributed by atoms with Gasteiger partial charge in [0.25, 0.3) is 0 Å². The molecule has 2 rings (SSSR count). The first kappa shape index (κ1) is 15.6. The van der Waals surface area contributed by atoms with E-state index in [2.05, 4.69) is 0 Å². The molecular formula is C15H17O5P. The molecule has 2 aromatic rings. The highest BCUT2D eigenvalue weighted by molar-refractivity contribution is 7.60. The Labute approximate surface area is 122 Å². The van der Waals surface area contributed by atoms with E-state index in [0.717, 1.165) is 5.56 Å². The van der Waals surface area contributed by atoms with E-state index in [0.29, 0.717) is 0 Å². The molecule has 0 saturated carbocycles. The van der Waals surface area contributed by atoms with Crippen molar-refractivity contribution in [3.63, 3.8) is 0 Å². The van der Waals surface area contributed by atoms with Crippen LogP contribution in [0.2, 0.25) is 0 Å². The lowest BCUT2D eigenvalue weighted by molar-refractivity contribution is 0.386. The second-order valence-corrected chi connectivity index (χ2v) is 6.59. The molecule has 112 valence electrons. The summed E-state index contributed by atoms with van der Waals surface area (Å²) in [6.07, 6.45) is 0.290. The van der Waals surface area contributed by atoms with Crippen LogP contribution < -0.4 is 5.30 Å². The van der Waals surface area contributed by atoms with Gasteiger partial charge in [-0.15, -0.1) is 0 Å². The molecule has 1 atom stereocenters. The Morgan fingerprint density at radius 3 is 2.24 bits per heavy atom. The van der Waals surface area contributed by atoms with Crippen LogP contribution in [0.3, 0.4) is 0 Å². The number of hydrogen-bond donors (Lipinski definition) is 4. The summed E-state index contributed by atoms with van der Waals surface area (Å²) < 4.78 is 11.5. The van der Waals surface area contributed by atoms with Crippen molar-refractivity contribution < 1.29 is 24.6 Å². The fraction of sp³-hybridized carbons (Fsp3) is 0.200. The molecule has 0 aliphatic heterocycles. The third-order valence-electron chi connectivity index (χ3n) is 3.41. The summed E-state index contributed by atoms with van der Waals surface area (Å²) in [4.78, 5) is 18.8. The van der Waals surface area contributed by atoms with Crippen LogP contribution >= 0.6 is 7.60 Å². The molecule has 0 aliphatic rings. The highest BCUT2D eigenvalue weighted by Gasteiger charge is 2.24. The Kier molecular flexibility index (Phi) is 4.37. The number of benzene rings is 2. The van der Waals surface area contributed by atoms with E-state index >= 15 is 0 Å². The van der Waals surface area contributed by atoms with Crippen LogP contribution in [0, 0.1) is 0 Å². The Hall–Kier alpha value is -1.81. The zero-order chi connectivity index (χ0) is 15.6. The summed E-state index contributed by atoms with van der Waals surface area (Å²) in [5.41, 5.74) is 1.17. The Bertz CT molecular complexity index is 675. The van der Waals surface area contributed by atoms with Crippen LogP contribution in [0.1, 0.15) is 24.0 Å². The molecule has 21 heavy (non-hydrogen) atoms. The molecule has 0 bridgehead atoms. The Balaban J connectivity index is 2.35. The average Bonchev–Trinajstić information content (AvgIpc) is 2.40. The molecule has 0 fully saturated rings. The summed E-state index contributed by atoms with van der Waals surface area (Å²) in [6.45, 7) is 1.89. The first-order chi connectivity index (χ1) is 9.79. The fourth-order valence-electron chi connectivity index (χ4n) is 2.27. The van der Waals surface area contributed by atoms with Crippen molar-refractivity contribution in [3.05, 3.63) is 53.6 Å². The van der Waals surface area contributed by atoms with Crippen molar-refractivity contribution in [2.75, 3.05) is 0 Å². The maximum absolute atomic E-state index is 11.5. The van der Waals surface area contributed by atoms with Crippen molar-refractivity contribution in [3.8, 4) is 11.5 Å². The molecular weight excluding hydrogens is 291 g/mol. The first-order valence-corrected chi connectivity index (χ1v) is 8.06. The lowest BCUT2D eigenvalue weighted by Gasteiger charge is -2.17. The van der Waals surface area contributed by atoms with E-state index in [1.807, 2.05) is 6.92 Å². The number of phenols is 2. The fourth-order valence-corrected chi connectivity index (χ4v) is 3.11. The van der Waals surface area contributed by atoms with Gasteiger partial charge in [0.2, 0.25) is 0 Å². The second-order valence-electron chi connectivity index (χ2n) is 5.02. The van der Waals surface area contributed by atoms with Crippen molar-refractivity contribution in [1.82, 2.24) is 0 Å². The number of phenolic OH excluding ortho intramolecular Hbond substituents is 2. The van der Waals surface area contributed by atoms with Gasteiger partial charge in [0, 0.05) is 5.56 Å². The van der Waals surface area contributed by atoms with Crippen LogP contribution in [-0.2, 0) is 11.0 Å². The van der Waals surface area contributed by atoms with E-state index in [1.54, 1.807) is 24.3 Å². The predicted octanol–water partition coefficient (Wildman–Crippen LogP) is 2.25. The molecule has 0 heterocycles. The Morgan fingerprint density at radius 2 is 1.67 bits per heavy atom.